The van der Waals surface area contributed by atoms with Gasteiger partial charge in [-0.2, -0.15) is 0 Å². The van der Waals surface area contributed by atoms with E-state index in [0.717, 1.165) is 112 Å². The van der Waals surface area contributed by atoms with Crippen molar-refractivity contribution in [3.05, 3.63) is 179 Å². The molecule has 0 radical (unpaired) electrons. The monoisotopic (exact) mass is 918 g/mol. The Kier molecular flexibility index (Phi) is 9.25. The summed E-state index contributed by atoms with van der Waals surface area (Å²) in [5.41, 5.74) is 17.3. The number of allylic oxidation sites excluding steroid dienone is 1. The van der Waals surface area contributed by atoms with Gasteiger partial charge in [-0.1, -0.05) is 99.5 Å². The number of hydrogen-bond acceptors (Lipinski definition) is 6. The predicted molar refractivity (Wildman–Crippen MR) is 284 cm³/mol. The van der Waals surface area contributed by atoms with Gasteiger partial charge in [0.1, 0.15) is 45.2 Å². The van der Waals surface area contributed by atoms with Crippen molar-refractivity contribution in [1.82, 2.24) is 0 Å². The lowest BCUT2D eigenvalue weighted by Gasteiger charge is -2.16. The zero-order valence-electron chi connectivity index (χ0n) is 37.9. The summed E-state index contributed by atoms with van der Waals surface area (Å²) in [6, 6.07) is 52.5. The molecule has 0 spiro atoms. The number of aryl methyl sites for hydroxylation is 2. The standard InChI is InChI=1S/C62H46O4S2/c1-3-5-17-41-59(39-21-25-53-45(29-39)49-31-47-43-27-37(35-13-9-7-10-14-35)19-23-51(43)63-55(47)33-57(49)65-53)67-62-42(18-6-4-2)60(68-61(41)62)40-22-26-54-46(30-40)50-32-48-44-28-38(36-15-11-8-12-16-36)20-24-52(44)64-56(48)34-58(50)66-54/h7-16,19-31,33-34,48H,3-6,17-18,32H2,1-2H3. The van der Waals surface area contributed by atoms with Crippen molar-refractivity contribution in [3.8, 4) is 48.9 Å². The first-order chi connectivity index (χ1) is 33.6. The van der Waals surface area contributed by atoms with Gasteiger partial charge in [0.2, 0.25) is 0 Å². The van der Waals surface area contributed by atoms with Gasteiger partial charge < -0.3 is 18.0 Å². The van der Waals surface area contributed by atoms with Gasteiger partial charge in [-0.05, 0) is 143 Å². The summed E-state index contributed by atoms with van der Waals surface area (Å²) in [5.74, 6) is 3.02. The second-order valence-electron chi connectivity index (χ2n) is 18.7. The molecule has 14 rings (SSSR count). The van der Waals surface area contributed by atoms with Crippen molar-refractivity contribution in [2.75, 3.05) is 0 Å². The quantitative estimate of drug-likeness (QED) is 0.137. The fraction of sp³-hybridized carbons (Fsp3) is 0.161. The summed E-state index contributed by atoms with van der Waals surface area (Å²) in [6.45, 7) is 4.61. The minimum Gasteiger partial charge on any atom is -0.461 e. The number of thiophene rings is 2. The summed E-state index contributed by atoms with van der Waals surface area (Å²) in [5, 5.41) is 5.70. The van der Waals surface area contributed by atoms with Crippen LogP contribution in [-0.4, -0.2) is 0 Å². The van der Waals surface area contributed by atoms with Crippen molar-refractivity contribution < 1.29 is 18.0 Å². The Bertz CT molecular complexity index is 4000. The zero-order valence-corrected chi connectivity index (χ0v) is 39.5. The Balaban J connectivity index is 0.861. The molecule has 0 amide bonds. The first-order valence-electron chi connectivity index (χ1n) is 24.2. The lowest BCUT2D eigenvalue weighted by atomic mass is 9.85. The molecule has 4 nitrogen and oxygen atoms in total. The highest BCUT2D eigenvalue weighted by Crippen LogP contribution is 2.53. The highest BCUT2D eigenvalue weighted by molar-refractivity contribution is 7.31. The lowest BCUT2D eigenvalue weighted by molar-refractivity contribution is 0.425. The van der Waals surface area contributed by atoms with Crippen molar-refractivity contribution in [2.45, 2.75) is 64.7 Å². The molecule has 6 heteroatoms. The molecule has 1 aliphatic heterocycles. The van der Waals surface area contributed by atoms with Crippen molar-refractivity contribution in [3.63, 3.8) is 0 Å². The third-order valence-electron chi connectivity index (χ3n) is 14.5. The number of furan rings is 3. The maximum atomic E-state index is 6.59. The van der Waals surface area contributed by atoms with E-state index in [2.05, 4.69) is 166 Å². The summed E-state index contributed by atoms with van der Waals surface area (Å²) in [6.07, 6.45) is 9.69. The molecule has 0 N–H and O–H groups in total. The third-order valence-corrected chi connectivity index (χ3v) is 17.3. The first kappa shape index (κ1) is 40.0. The second kappa shape index (κ2) is 15.7. The smallest absolute Gasteiger partial charge is 0.139 e. The molecule has 1 unspecified atom stereocenters. The van der Waals surface area contributed by atoms with Crippen LogP contribution in [0.3, 0.4) is 0 Å². The average molecular weight is 919 g/mol. The van der Waals surface area contributed by atoms with E-state index < -0.39 is 0 Å². The number of hydrogen-bond donors (Lipinski definition) is 0. The topological polar surface area (TPSA) is 48.7 Å². The van der Waals surface area contributed by atoms with E-state index in [4.69, 9.17) is 18.0 Å². The van der Waals surface area contributed by atoms with Crippen LogP contribution >= 0.6 is 22.7 Å². The van der Waals surface area contributed by atoms with Gasteiger partial charge in [0.05, 0.1) is 5.92 Å². The van der Waals surface area contributed by atoms with Crippen molar-refractivity contribution in [1.29, 1.82) is 0 Å². The van der Waals surface area contributed by atoms with Crippen LogP contribution in [0, 0.1) is 0 Å². The summed E-state index contributed by atoms with van der Waals surface area (Å²) in [7, 11) is 0. The van der Waals surface area contributed by atoms with E-state index in [9.17, 15) is 0 Å². The van der Waals surface area contributed by atoms with Gasteiger partial charge >= 0.3 is 0 Å². The molecule has 7 aromatic carbocycles. The van der Waals surface area contributed by atoms with Gasteiger partial charge in [-0.25, -0.2) is 0 Å². The Labute approximate surface area is 401 Å². The molecule has 0 saturated carbocycles. The maximum absolute atomic E-state index is 6.59. The molecule has 1 atom stereocenters. The van der Waals surface area contributed by atoms with Gasteiger partial charge in [0, 0.05) is 69.4 Å². The number of fused-ring (bicyclic) bond motifs is 13. The molecule has 330 valence electrons. The van der Waals surface area contributed by atoms with Gasteiger partial charge in [-0.15, -0.1) is 22.7 Å². The minimum atomic E-state index is 0.163. The molecule has 6 heterocycles. The molecule has 0 fully saturated rings. The zero-order chi connectivity index (χ0) is 45.0. The maximum Gasteiger partial charge on any atom is 0.139 e. The number of ether oxygens (including phenoxy) is 1. The normalized spacial score (nSPS) is 14.4. The Morgan fingerprint density at radius 2 is 0.985 bits per heavy atom. The van der Waals surface area contributed by atoms with Gasteiger partial charge in [-0.3, -0.25) is 0 Å². The Hall–Kier alpha value is -7.12. The van der Waals surface area contributed by atoms with Crippen molar-refractivity contribution in [2.24, 2.45) is 0 Å². The van der Waals surface area contributed by atoms with Crippen LogP contribution in [0.4, 0.5) is 0 Å². The van der Waals surface area contributed by atoms with E-state index in [1.807, 2.05) is 22.7 Å². The summed E-state index contributed by atoms with van der Waals surface area (Å²) >= 11 is 4.00. The number of unbranched alkanes of at least 4 members (excludes halogenated alkanes) is 2. The van der Waals surface area contributed by atoms with Crippen LogP contribution < -0.4 is 4.74 Å². The molecule has 68 heavy (non-hydrogen) atoms. The number of benzene rings is 7. The van der Waals surface area contributed by atoms with Crippen LogP contribution in [-0.2, 0) is 19.3 Å². The van der Waals surface area contributed by atoms with Gasteiger partial charge in [0.25, 0.3) is 0 Å². The van der Waals surface area contributed by atoms with E-state index >= 15 is 0 Å². The van der Waals surface area contributed by atoms with Crippen LogP contribution in [0.1, 0.15) is 73.5 Å². The SMILES string of the molecule is CCCCc1c(-c2ccc3oc4c(c3c2)CC2C(=C4)Oc3ccc(-c4ccccc4)cc32)sc2c(CCCC)c(-c3ccc4oc5cc6oc7ccc(-c8ccccc8)cc7c6cc5c4c3)sc12. The highest BCUT2D eigenvalue weighted by atomic mass is 32.1. The van der Waals surface area contributed by atoms with E-state index in [0.29, 0.717) is 0 Å². The Morgan fingerprint density at radius 1 is 0.471 bits per heavy atom. The molecular weight excluding hydrogens is 873 g/mol. The van der Waals surface area contributed by atoms with E-state index in [1.54, 1.807) is 0 Å². The summed E-state index contributed by atoms with van der Waals surface area (Å²) < 4.78 is 28.9. The van der Waals surface area contributed by atoms with E-state index in [-0.39, 0.29) is 5.92 Å². The van der Waals surface area contributed by atoms with Crippen molar-refractivity contribution >= 4 is 93.0 Å². The summed E-state index contributed by atoms with van der Waals surface area (Å²) in [4.78, 5) is 2.79. The molecule has 5 aromatic heterocycles. The van der Waals surface area contributed by atoms with Crippen LogP contribution in [0.15, 0.2) is 165 Å². The molecule has 2 aliphatic rings. The third kappa shape index (κ3) is 6.30. The highest BCUT2D eigenvalue weighted by Gasteiger charge is 2.36. The Morgan fingerprint density at radius 3 is 1.59 bits per heavy atom. The van der Waals surface area contributed by atoms with Gasteiger partial charge in [0.15, 0.2) is 0 Å². The molecule has 0 saturated heterocycles. The molecular formula is C62H46O4S2. The fourth-order valence-corrected chi connectivity index (χ4v) is 14.1. The van der Waals surface area contributed by atoms with Crippen LogP contribution in [0.25, 0.3) is 113 Å². The van der Waals surface area contributed by atoms with Crippen LogP contribution in [0.5, 0.6) is 5.75 Å². The largest absolute Gasteiger partial charge is 0.461 e. The first-order valence-corrected chi connectivity index (χ1v) is 25.8. The van der Waals surface area contributed by atoms with E-state index in [1.165, 1.54) is 80.2 Å². The minimum absolute atomic E-state index is 0.163. The average Bonchev–Trinajstić information content (AvgIpc) is 4.23. The van der Waals surface area contributed by atoms with Crippen LogP contribution in [0.2, 0.25) is 0 Å². The molecule has 0 bridgehead atoms. The number of rotatable bonds is 10. The lowest BCUT2D eigenvalue weighted by Crippen LogP contribution is -2.08. The molecule has 1 aliphatic carbocycles. The fourth-order valence-electron chi connectivity index (χ4n) is 11.0. The second-order valence-corrected chi connectivity index (χ2v) is 20.7. The molecule has 12 aromatic rings. The predicted octanol–water partition coefficient (Wildman–Crippen LogP) is 18.9.